The number of likely N-dealkylation sites (tertiary alicyclic amines) is 1. The molecule has 1 amide bonds. The highest BCUT2D eigenvalue weighted by Gasteiger charge is 2.31. The van der Waals surface area contributed by atoms with Crippen LogP contribution in [0, 0.1) is 6.92 Å². The third-order valence-electron chi connectivity index (χ3n) is 4.67. The topological polar surface area (TPSA) is 63.7 Å². The Morgan fingerprint density at radius 1 is 1.38 bits per heavy atom. The van der Waals surface area contributed by atoms with Gasteiger partial charge < -0.3 is 19.7 Å². The van der Waals surface area contributed by atoms with Gasteiger partial charge in [0.25, 0.3) is 5.91 Å². The Labute approximate surface area is 158 Å². The molecule has 1 N–H and O–H groups in total. The average Bonchev–Trinajstić information content (AvgIpc) is 3.28. The van der Waals surface area contributed by atoms with Crippen molar-refractivity contribution in [3.05, 3.63) is 34.3 Å². The maximum atomic E-state index is 13.0. The van der Waals surface area contributed by atoms with Crippen LogP contribution in [-0.2, 0) is 0 Å². The Balaban J connectivity index is 1.77. The van der Waals surface area contributed by atoms with Crippen molar-refractivity contribution < 1.29 is 14.3 Å². The Morgan fingerprint density at radius 3 is 2.88 bits per heavy atom. The number of carbonyl (C=O) groups is 1. The predicted octanol–water partition coefficient (Wildman–Crippen LogP) is 3.53. The molecule has 1 aliphatic rings. The fourth-order valence-corrected chi connectivity index (χ4v) is 4.32. The molecule has 7 heteroatoms. The maximum absolute atomic E-state index is 13.0. The Hall–Kier alpha value is -2.28. The van der Waals surface area contributed by atoms with Gasteiger partial charge in [0.15, 0.2) is 5.13 Å². The summed E-state index contributed by atoms with van der Waals surface area (Å²) in [6, 6.07) is 5.83. The van der Waals surface area contributed by atoms with Crippen LogP contribution in [0.2, 0.25) is 0 Å². The fraction of sp³-hybridized carbons (Fsp3) is 0.474. The number of thiazole rings is 1. The van der Waals surface area contributed by atoms with Crippen molar-refractivity contribution >= 4 is 22.4 Å². The number of hydrogen-bond donors (Lipinski definition) is 1. The molecule has 1 aromatic heterocycles. The average molecular weight is 375 g/mol. The molecule has 0 saturated carbocycles. The van der Waals surface area contributed by atoms with E-state index in [9.17, 15) is 4.79 Å². The summed E-state index contributed by atoms with van der Waals surface area (Å²) in [5.41, 5.74) is 1.88. The minimum atomic E-state index is 0.0634. The van der Waals surface area contributed by atoms with E-state index >= 15 is 0 Å². The molecule has 1 fully saturated rings. The standard InChI is InChI=1S/C19H25N3O3S/c1-5-20-19-21-12(2)17(26-19)18(23)22-9-8-13(11-22)15-10-14(24-3)6-7-16(15)25-4/h6-7,10,13H,5,8-9,11H2,1-4H3,(H,20,21)/t13-/m1/s1. The van der Waals surface area contributed by atoms with Gasteiger partial charge in [-0.1, -0.05) is 11.3 Å². The zero-order valence-corrected chi connectivity index (χ0v) is 16.5. The predicted molar refractivity (Wildman–Crippen MR) is 104 cm³/mol. The van der Waals surface area contributed by atoms with Crippen LogP contribution in [0.4, 0.5) is 5.13 Å². The largest absolute Gasteiger partial charge is 0.497 e. The molecule has 2 heterocycles. The number of carbonyl (C=O) groups excluding carboxylic acids is 1. The van der Waals surface area contributed by atoms with Crippen molar-refractivity contribution in [2.75, 3.05) is 39.2 Å². The second-order valence-corrected chi connectivity index (χ2v) is 7.31. The molecule has 2 aromatic rings. The van der Waals surface area contributed by atoms with Gasteiger partial charge in [-0.15, -0.1) is 0 Å². The van der Waals surface area contributed by atoms with Crippen LogP contribution < -0.4 is 14.8 Å². The van der Waals surface area contributed by atoms with Gasteiger partial charge in [0.1, 0.15) is 16.4 Å². The number of hydrogen-bond acceptors (Lipinski definition) is 6. The quantitative estimate of drug-likeness (QED) is 0.837. The summed E-state index contributed by atoms with van der Waals surface area (Å²) < 4.78 is 10.9. The fourth-order valence-electron chi connectivity index (χ4n) is 3.32. The number of amides is 1. The van der Waals surface area contributed by atoms with Crippen LogP contribution in [-0.4, -0.2) is 49.6 Å². The molecule has 26 heavy (non-hydrogen) atoms. The van der Waals surface area contributed by atoms with E-state index in [0.29, 0.717) is 6.54 Å². The summed E-state index contributed by atoms with van der Waals surface area (Å²) in [5, 5.41) is 3.99. The van der Waals surface area contributed by atoms with Gasteiger partial charge in [-0.2, -0.15) is 0 Å². The van der Waals surface area contributed by atoms with Crippen LogP contribution in [0.25, 0.3) is 0 Å². The monoisotopic (exact) mass is 375 g/mol. The zero-order chi connectivity index (χ0) is 18.7. The van der Waals surface area contributed by atoms with Crippen molar-refractivity contribution in [2.45, 2.75) is 26.2 Å². The van der Waals surface area contributed by atoms with Gasteiger partial charge in [0, 0.05) is 31.1 Å². The van der Waals surface area contributed by atoms with Gasteiger partial charge in [-0.3, -0.25) is 4.79 Å². The second-order valence-electron chi connectivity index (χ2n) is 6.31. The lowest BCUT2D eigenvalue weighted by Gasteiger charge is -2.18. The highest BCUT2D eigenvalue weighted by Crippen LogP contribution is 2.37. The Kier molecular flexibility index (Phi) is 5.66. The highest BCUT2D eigenvalue weighted by molar-refractivity contribution is 7.17. The minimum absolute atomic E-state index is 0.0634. The van der Waals surface area contributed by atoms with E-state index in [2.05, 4.69) is 10.3 Å². The van der Waals surface area contributed by atoms with Crippen molar-refractivity contribution in [3.8, 4) is 11.5 Å². The number of methoxy groups -OCH3 is 2. The summed E-state index contributed by atoms with van der Waals surface area (Å²) in [6.45, 7) is 6.12. The second kappa shape index (κ2) is 7.95. The lowest BCUT2D eigenvalue weighted by molar-refractivity contribution is 0.0794. The van der Waals surface area contributed by atoms with Crippen LogP contribution in [0.1, 0.15) is 40.2 Å². The molecular formula is C19H25N3O3S. The maximum Gasteiger partial charge on any atom is 0.265 e. The molecule has 0 spiro atoms. The van der Waals surface area contributed by atoms with E-state index in [1.165, 1.54) is 11.3 Å². The number of nitrogens with zero attached hydrogens (tertiary/aromatic N) is 2. The number of rotatable bonds is 6. The number of aromatic nitrogens is 1. The number of ether oxygens (including phenoxy) is 2. The molecule has 0 radical (unpaired) electrons. The van der Waals surface area contributed by atoms with Crippen LogP contribution >= 0.6 is 11.3 Å². The van der Waals surface area contributed by atoms with Crippen molar-refractivity contribution in [1.29, 1.82) is 0 Å². The molecule has 0 unspecified atom stereocenters. The van der Waals surface area contributed by atoms with E-state index in [4.69, 9.17) is 9.47 Å². The van der Waals surface area contributed by atoms with Gasteiger partial charge in [0.2, 0.25) is 0 Å². The van der Waals surface area contributed by atoms with E-state index in [1.54, 1.807) is 14.2 Å². The SMILES string of the molecule is CCNc1nc(C)c(C(=O)N2CC[C@@H](c3cc(OC)ccc3OC)C2)s1. The van der Waals surface area contributed by atoms with Gasteiger partial charge >= 0.3 is 0 Å². The number of nitrogens with one attached hydrogen (secondary N) is 1. The van der Waals surface area contributed by atoms with Crippen LogP contribution in [0.5, 0.6) is 11.5 Å². The third-order valence-corrected chi connectivity index (χ3v) is 5.77. The number of benzene rings is 1. The molecule has 0 bridgehead atoms. The molecule has 1 aromatic carbocycles. The first-order valence-electron chi connectivity index (χ1n) is 8.79. The first-order chi connectivity index (χ1) is 12.6. The van der Waals surface area contributed by atoms with Crippen molar-refractivity contribution in [2.24, 2.45) is 0 Å². The summed E-state index contributed by atoms with van der Waals surface area (Å²) in [7, 11) is 3.33. The van der Waals surface area contributed by atoms with Gasteiger partial charge in [-0.25, -0.2) is 4.98 Å². The number of anilines is 1. The zero-order valence-electron chi connectivity index (χ0n) is 15.7. The molecule has 0 aliphatic carbocycles. The van der Waals surface area contributed by atoms with E-state index < -0.39 is 0 Å². The van der Waals surface area contributed by atoms with Crippen molar-refractivity contribution in [1.82, 2.24) is 9.88 Å². The van der Waals surface area contributed by atoms with Crippen molar-refractivity contribution in [3.63, 3.8) is 0 Å². The highest BCUT2D eigenvalue weighted by atomic mass is 32.1. The first-order valence-corrected chi connectivity index (χ1v) is 9.61. The first kappa shape index (κ1) is 18.5. The van der Waals surface area contributed by atoms with Gasteiger partial charge in [-0.05, 0) is 38.5 Å². The van der Waals surface area contributed by atoms with E-state index in [1.807, 2.05) is 36.9 Å². The minimum Gasteiger partial charge on any atom is -0.497 e. The molecule has 1 atom stereocenters. The summed E-state index contributed by atoms with van der Waals surface area (Å²) in [4.78, 5) is 20.0. The molecular weight excluding hydrogens is 350 g/mol. The molecule has 140 valence electrons. The summed E-state index contributed by atoms with van der Waals surface area (Å²) >= 11 is 1.43. The van der Waals surface area contributed by atoms with E-state index in [0.717, 1.165) is 52.3 Å². The molecule has 1 saturated heterocycles. The lowest BCUT2D eigenvalue weighted by atomic mass is 9.97. The summed E-state index contributed by atoms with van der Waals surface area (Å²) in [5.74, 6) is 1.95. The third kappa shape index (κ3) is 3.62. The summed E-state index contributed by atoms with van der Waals surface area (Å²) in [6.07, 6.45) is 0.910. The molecule has 3 rings (SSSR count). The normalized spacial score (nSPS) is 16.6. The smallest absolute Gasteiger partial charge is 0.265 e. The Bertz CT molecular complexity index is 790. The van der Waals surface area contributed by atoms with Crippen LogP contribution in [0.3, 0.4) is 0 Å². The number of aryl methyl sites for hydroxylation is 1. The lowest BCUT2D eigenvalue weighted by Crippen LogP contribution is -2.28. The molecule has 1 aliphatic heterocycles. The Morgan fingerprint density at radius 2 is 2.19 bits per heavy atom. The van der Waals surface area contributed by atoms with Gasteiger partial charge in [0.05, 0.1) is 19.9 Å². The molecule has 6 nitrogen and oxygen atoms in total. The van der Waals surface area contributed by atoms with Crippen LogP contribution in [0.15, 0.2) is 18.2 Å². The van der Waals surface area contributed by atoms with E-state index in [-0.39, 0.29) is 11.8 Å².